The zero-order chi connectivity index (χ0) is 16.5. The van der Waals surface area contributed by atoms with E-state index in [1.807, 2.05) is 17.0 Å². The Morgan fingerprint density at radius 1 is 1.33 bits per heavy atom. The van der Waals surface area contributed by atoms with Crippen LogP contribution in [0.25, 0.3) is 0 Å². The minimum absolute atomic E-state index is 0.0609. The zero-order valence-electron chi connectivity index (χ0n) is 13.8. The maximum Gasteiger partial charge on any atom is 0.274 e. The highest BCUT2D eigenvalue weighted by molar-refractivity contribution is 5.94. The van der Waals surface area contributed by atoms with Crippen LogP contribution in [0.4, 0.5) is 0 Å². The van der Waals surface area contributed by atoms with Gasteiger partial charge in [-0.3, -0.25) is 14.8 Å². The largest absolute Gasteiger partial charge is 0.481 e. The van der Waals surface area contributed by atoms with E-state index < -0.39 is 0 Å². The molecular formula is C17H21N5O2. The number of nitrogens with zero attached hydrogens (tertiary/aromatic N) is 4. The Labute approximate surface area is 140 Å². The van der Waals surface area contributed by atoms with Gasteiger partial charge in [0, 0.05) is 50.0 Å². The number of rotatable bonds is 4. The second-order valence-corrected chi connectivity index (χ2v) is 6.35. The van der Waals surface area contributed by atoms with E-state index in [1.54, 1.807) is 13.3 Å². The van der Waals surface area contributed by atoms with Gasteiger partial charge in [0.05, 0.1) is 12.8 Å². The van der Waals surface area contributed by atoms with Crippen LogP contribution in [0, 0.1) is 0 Å². The van der Waals surface area contributed by atoms with E-state index in [4.69, 9.17) is 4.74 Å². The van der Waals surface area contributed by atoms with Gasteiger partial charge in [0.2, 0.25) is 5.88 Å². The van der Waals surface area contributed by atoms with Crippen LogP contribution in [0.3, 0.4) is 0 Å². The number of aromatic nitrogens is 3. The van der Waals surface area contributed by atoms with Gasteiger partial charge >= 0.3 is 0 Å². The molecule has 0 aliphatic carbocycles. The molecule has 126 valence electrons. The monoisotopic (exact) mass is 327 g/mol. The molecule has 7 heteroatoms. The van der Waals surface area contributed by atoms with Crippen molar-refractivity contribution >= 4 is 5.91 Å². The lowest BCUT2D eigenvalue weighted by Gasteiger charge is -2.17. The number of pyridine rings is 1. The van der Waals surface area contributed by atoms with Crippen LogP contribution in [0.5, 0.6) is 5.88 Å². The standard InChI is InChI=1S/C17H21N5O2/c1-24-16-12(5-4-6-18-16)9-21-10-13-14(11-21)19-20-15(13)17(23)22-7-2-3-8-22/h4-6H,2-3,7-11H2,1H3,(H,19,20). The fourth-order valence-electron chi connectivity index (χ4n) is 3.53. The Hall–Kier alpha value is -2.41. The van der Waals surface area contributed by atoms with Crippen molar-refractivity contribution in [1.29, 1.82) is 0 Å². The number of aromatic amines is 1. The molecule has 1 amide bonds. The van der Waals surface area contributed by atoms with Gasteiger partial charge in [-0.05, 0) is 18.9 Å². The normalized spacial score (nSPS) is 17.3. The predicted octanol–water partition coefficient (Wildman–Crippen LogP) is 1.57. The summed E-state index contributed by atoms with van der Waals surface area (Å²) in [5.41, 5.74) is 3.72. The van der Waals surface area contributed by atoms with Crippen LogP contribution >= 0.6 is 0 Å². The molecule has 1 saturated heterocycles. The molecule has 7 nitrogen and oxygen atoms in total. The maximum absolute atomic E-state index is 12.6. The number of hydrogen-bond donors (Lipinski definition) is 1. The molecule has 24 heavy (non-hydrogen) atoms. The third-order valence-electron chi connectivity index (χ3n) is 4.75. The third kappa shape index (κ3) is 2.65. The molecule has 1 fully saturated rings. The van der Waals surface area contributed by atoms with Gasteiger partial charge in [0.1, 0.15) is 0 Å². The van der Waals surface area contributed by atoms with Crippen molar-refractivity contribution in [2.24, 2.45) is 0 Å². The number of H-pyrrole nitrogens is 1. The summed E-state index contributed by atoms with van der Waals surface area (Å²) < 4.78 is 5.32. The van der Waals surface area contributed by atoms with Crippen LogP contribution in [0.2, 0.25) is 0 Å². The van der Waals surface area contributed by atoms with Gasteiger partial charge in [-0.1, -0.05) is 6.07 Å². The van der Waals surface area contributed by atoms with Crippen LogP contribution < -0.4 is 4.74 Å². The smallest absolute Gasteiger partial charge is 0.274 e. The maximum atomic E-state index is 12.6. The zero-order valence-corrected chi connectivity index (χ0v) is 13.8. The molecule has 0 radical (unpaired) electrons. The summed E-state index contributed by atoms with van der Waals surface area (Å²) in [5, 5.41) is 7.33. The second-order valence-electron chi connectivity index (χ2n) is 6.35. The van der Waals surface area contributed by atoms with Crippen molar-refractivity contribution in [3.63, 3.8) is 0 Å². The van der Waals surface area contributed by atoms with E-state index in [9.17, 15) is 4.79 Å². The fraction of sp³-hybridized carbons (Fsp3) is 0.471. The molecule has 0 aromatic carbocycles. The number of nitrogens with one attached hydrogen (secondary N) is 1. The first kappa shape index (κ1) is 15.1. The van der Waals surface area contributed by atoms with Crippen molar-refractivity contribution < 1.29 is 9.53 Å². The molecule has 2 aliphatic rings. The first-order valence-corrected chi connectivity index (χ1v) is 8.32. The van der Waals surface area contributed by atoms with Crippen LogP contribution in [0.1, 0.15) is 40.2 Å². The molecule has 4 rings (SSSR count). The summed E-state index contributed by atoms with van der Waals surface area (Å²) in [6, 6.07) is 3.93. The minimum Gasteiger partial charge on any atom is -0.481 e. The topological polar surface area (TPSA) is 74.3 Å². The van der Waals surface area contributed by atoms with Crippen LogP contribution in [-0.4, -0.2) is 51.1 Å². The molecule has 1 N–H and O–H groups in total. The molecule has 2 aliphatic heterocycles. The van der Waals surface area contributed by atoms with E-state index >= 15 is 0 Å². The third-order valence-corrected chi connectivity index (χ3v) is 4.75. The fourth-order valence-corrected chi connectivity index (χ4v) is 3.53. The Balaban J connectivity index is 1.49. The molecule has 0 atom stereocenters. The van der Waals surface area contributed by atoms with Crippen LogP contribution in [0.15, 0.2) is 18.3 Å². The Kier molecular flexibility index (Phi) is 3.93. The SMILES string of the molecule is COc1ncccc1CN1Cc2[nH]nc(C(=O)N3CCCC3)c2C1. The molecule has 0 unspecified atom stereocenters. The first-order valence-electron chi connectivity index (χ1n) is 8.32. The van der Waals surface area contributed by atoms with Gasteiger partial charge in [0.25, 0.3) is 5.91 Å². The van der Waals surface area contributed by atoms with Crippen molar-refractivity contribution in [3.05, 3.63) is 40.8 Å². The van der Waals surface area contributed by atoms with Gasteiger partial charge in [0.15, 0.2) is 5.69 Å². The van der Waals surface area contributed by atoms with E-state index in [-0.39, 0.29) is 5.91 Å². The highest BCUT2D eigenvalue weighted by Crippen LogP contribution is 2.28. The molecule has 4 heterocycles. The minimum atomic E-state index is 0.0609. The lowest BCUT2D eigenvalue weighted by atomic mass is 10.2. The van der Waals surface area contributed by atoms with Gasteiger partial charge in [-0.15, -0.1) is 0 Å². The van der Waals surface area contributed by atoms with E-state index in [2.05, 4.69) is 20.1 Å². The number of likely N-dealkylation sites (tertiary alicyclic amines) is 1. The summed E-state index contributed by atoms with van der Waals surface area (Å²) in [6.45, 7) is 3.90. The van der Waals surface area contributed by atoms with Crippen molar-refractivity contribution in [1.82, 2.24) is 25.0 Å². The van der Waals surface area contributed by atoms with Crippen molar-refractivity contribution in [2.45, 2.75) is 32.5 Å². The number of hydrogen-bond acceptors (Lipinski definition) is 5. The first-order chi connectivity index (χ1) is 11.8. The number of ether oxygens (including phenoxy) is 1. The average Bonchev–Trinajstić information content (AvgIpc) is 3.31. The number of carbonyl (C=O) groups is 1. The lowest BCUT2D eigenvalue weighted by Crippen LogP contribution is -2.29. The second kappa shape index (κ2) is 6.24. The van der Waals surface area contributed by atoms with Crippen molar-refractivity contribution in [3.8, 4) is 5.88 Å². The molecule has 0 spiro atoms. The van der Waals surface area contributed by atoms with Gasteiger partial charge in [-0.25, -0.2) is 4.98 Å². The Morgan fingerprint density at radius 2 is 2.17 bits per heavy atom. The molecule has 2 aromatic heterocycles. The Bertz CT molecular complexity index is 751. The summed E-state index contributed by atoms with van der Waals surface area (Å²) in [6.07, 6.45) is 3.90. The van der Waals surface area contributed by atoms with E-state index in [0.29, 0.717) is 11.6 Å². The molecule has 0 bridgehead atoms. The number of fused-ring (bicyclic) bond motifs is 1. The molecule has 2 aromatic rings. The lowest BCUT2D eigenvalue weighted by molar-refractivity contribution is 0.0785. The number of amides is 1. The molecular weight excluding hydrogens is 306 g/mol. The van der Waals surface area contributed by atoms with E-state index in [0.717, 1.165) is 62.4 Å². The quantitative estimate of drug-likeness (QED) is 0.922. The Morgan fingerprint density at radius 3 is 2.96 bits per heavy atom. The summed E-state index contributed by atoms with van der Waals surface area (Å²) in [4.78, 5) is 21.0. The average molecular weight is 327 g/mol. The summed E-state index contributed by atoms with van der Waals surface area (Å²) >= 11 is 0. The number of carbonyl (C=O) groups excluding carboxylic acids is 1. The number of methoxy groups -OCH3 is 1. The highest BCUT2D eigenvalue weighted by atomic mass is 16.5. The van der Waals surface area contributed by atoms with Gasteiger partial charge < -0.3 is 9.64 Å². The predicted molar refractivity (Wildman–Crippen MR) is 87.5 cm³/mol. The molecule has 0 saturated carbocycles. The van der Waals surface area contributed by atoms with Crippen LogP contribution in [-0.2, 0) is 19.6 Å². The van der Waals surface area contributed by atoms with Gasteiger partial charge in [-0.2, -0.15) is 5.10 Å². The van der Waals surface area contributed by atoms with Crippen molar-refractivity contribution in [2.75, 3.05) is 20.2 Å². The van der Waals surface area contributed by atoms with E-state index in [1.165, 1.54) is 0 Å². The summed E-state index contributed by atoms with van der Waals surface area (Å²) in [7, 11) is 1.63. The highest BCUT2D eigenvalue weighted by Gasteiger charge is 2.31. The summed E-state index contributed by atoms with van der Waals surface area (Å²) in [5.74, 6) is 0.713.